The molecule has 8 atom stereocenters. The van der Waals surface area contributed by atoms with Crippen LogP contribution in [-0.2, 0) is 25.6 Å². The van der Waals surface area contributed by atoms with E-state index in [-0.39, 0.29) is 71.3 Å². The van der Waals surface area contributed by atoms with Gasteiger partial charge in [0.1, 0.15) is 24.2 Å². The predicted octanol–water partition coefficient (Wildman–Crippen LogP) is 5.97. The maximum Gasteiger partial charge on any atom is 0.247 e. The lowest BCUT2D eigenvalue weighted by Crippen LogP contribution is -2.56. The number of rotatable bonds is 12. The van der Waals surface area contributed by atoms with Crippen molar-refractivity contribution in [2.24, 2.45) is 10.8 Å². The molecule has 12 nitrogen and oxygen atoms in total. The molecule has 0 bridgehead atoms. The number of anilines is 2. The average Bonchev–Trinajstić information content (AvgIpc) is 3.51. The van der Waals surface area contributed by atoms with Crippen molar-refractivity contribution in [3.63, 3.8) is 0 Å². The number of thioether (sulfide) groups is 2. The molecule has 4 aliphatic heterocycles. The first-order valence-corrected chi connectivity index (χ1v) is 23.5. The van der Waals surface area contributed by atoms with E-state index in [1.54, 1.807) is 33.3 Å². The molecule has 336 valence electrons. The van der Waals surface area contributed by atoms with Crippen LogP contribution in [0.1, 0.15) is 78.4 Å². The Morgan fingerprint density at radius 2 is 1.02 bits per heavy atom. The van der Waals surface area contributed by atoms with Gasteiger partial charge in [-0.15, -0.1) is 48.3 Å². The molecule has 0 radical (unpaired) electrons. The van der Waals surface area contributed by atoms with E-state index in [2.05, 4.69) is 59.6 Å². The normalized spacial score (nSPS) is 26.2. The van der Waals surface area contributed by atoms with Gasteiger partial charge in [-0.25, -0.2) is 0 Å². The van der Waals surface area contributed by atoms with Gasteiger partial charge in [-0.3, -0.25) is 19.2 Å². The molecule has 0 saturated carbocycles. The number of fused-ring (bicyclic) bond motifs is 2. The molecule has 4 aliphatic rings. The number of thiocarbonyl (C=S) groups is 2. The first kappa shape index (κ1) is 50.9. The molecule has 4 fully saturated rings. The topological polar surface area (TPSA) is 147 Å². The third-order valence-electron chi connectivity index (χ3n) is 12.2. The van der Waals surface area contributed by atoms with Crippen molar-refractivity contribution < 1.29 is 19.2 Å². The fourth-order valence-corrected chi connectivity index (χ4v) is 12.3. The number of halogens is 2. The number of hydrogen-bond acceptors (Lipinski definition) is 10. The largest absolute Gasteiger partial charge is 0.367 e. The average molecular weight is 954 g/mol. The Bertz CT molecular complexity index is 1790. The summed E-state index contributed by atoms with van der Waals surface area (Å²) in [5, 5.41) is 18.9. The van der Waals surface area contributed by atoms with E-state index in [4.69, 9.17) is 24.4 Å². The van der Waals surface area contributed by atoms with Gasteiger partial charge in [-0.2, -0.15) is 0 Å². The fraction of sp³-hybridized carbons (Fsp3) is 0.581. The number of nitrogens with zero attached hydrogens (tertiary/aromatic N) is 2. The van der Waals surface area contributed by atoms with Gasteiger partial charge in [-0.1, -0.05) is 76.4 Å². The van der Waals surface area contributed by atoms with Crippen LogP contribution in [0.15, 0.2) is 48.5 Å². The number of carbonyl (C=O) groups excluding carboxylic acids is 4. The van der Waals surface area contributed by atoms with Crippen molar-refractivity contribution in [3.8, 4) is 0 Å². The lowest BCUT2D eigenvalue weighted by Gasteiger charge is -2.34. The molecule has 4 heterocycles. The summed E-state index contributed by atoms with van der Waals surface area (Å²) in [5.74, 6) is 1.05. The lowest BCUT2D eigenvalue weighted by molar-refractivity contribution is -0.140. The summed E-state index contributed by atoms with van der Waals surface area (Å²) in [6.07, 6.45) is 3.40. The monoisotopic (exact) mass is 952 g/mol. The van der Waals surface area contributed by atoms with E-state index in [1.807, 2.05) is 76.5 Å². The molecule has 0 spiro atoms. The zero-order valence-corrected chi connectivity index (χ0v) is 41.1. The van der Waals surface area contributed by atoms with E-state index < -0.39 is 35.0 Å². The summed E-state index contributed by atoms with van der Waals surface area (Å²) in [5.41, 5.74) is 2.62. The van der Waals surface area contributed by atoms with Crippen LogP contribution >= 0.6 is 72.8 Å². The molecule has 4 amide bonds. The highest BCUT2D eigenvalue weighted by atomic mass is 35.5. The molecule has 6 rings (SSSR count). The number of likely N-dealkylation sites (N-methyl/N-ethyl adjacent to an activating group) is 2. The van der Waals surface area contributed by atoms with Gasteiger partial charge < -0.3 is 41.7 Å². The van der Waals surface area contributed by atoms with Crippen LogP contribution in [0.4, 0.5) is 11.4 Å². The van der Waals surface area contributed by atoms with Crippen LogP contribution < -0.4 is 31.9 Å². The maximum atomic E-state index is 14.0. The van der Waals surface area contributed by atoms with Crippen molar-refractivity contribution in [2.75, 3.05) is 36.2 Å². The van der Waals surface area contributed by atoms with Gasteiger partial charge in [0.05, 0.1) is 32.8 Å². The summed E-state index contributed by atoms with van der Waals surface area (Å²) >= 11 is 14.6. The first-order valence-electron chi connectivity index (χ1n) is 20.6. The van der Waals surface area contributed by atoms with Crippen molar-refractivity contribution in [1.29, 1.82) is 0 Å². The highest BCUT2D eigenvalue weighted by molar-refractivity contribution is 8.00. The van der Waals surface area contributed by atoms with Gasteiger partial charge in [0.25, 0.3) is 0 Å². The van der Waals surface area contributed by atoms with E-state index in [1.165, 1.54) is 0 Å². The van der Waals surface area contributed by atoms with Crippen LogP contribution in [0.25, 0.3) is 0 Å². The van der Waals surface area contributed by atoms with Crippen molar-refractivity contribution in [3.05, 3.63) is 59.7 Å². The lowest BCUT2D eigenvalue weighted by atomic mass is 9.84. The summed E-state index contributed by atoms with van der Waals surface area (Å²) in [6.45, 7) is 12.2. The number of carbonyl (C=O) groups is 4. The number of benzene rings is 2. The van der Waals surface area contributed by atoms with Gasteiger partial charge in [0, 0.05) is 11.4 Å². The first-order chi connectivity index (χ1) is 27.9. The minimum atomic E-state index is -0.626. The van der Waals surface area contributed by atoms with E-state index in [0.29, 0.717) is 40.6 Å². The maximum absolute atomic E-state index is 14.0. The summed E-state index contributed by atoms with van der Waals surface area (Å²) in [7, 11) is 3.67. The zero-order valence-electron chi connectivity index (χ0n) is 36.2. The number of amides is 4. The quantitative estimate of drug-likeness (QED) is 0.140. The zero-order chi connectivity index (χ0) is 42.8. The van der Waals surface area contributed by atoms with E-state index in [9.17, 15) is 19.2 Å². The van der Waals surface area contributed by atoms with Crippen LogP contribution in [0, 0.1) is 10.8 Å². The number of nitrogens with one attached hydrogen (secondary N) is 6. The third kappa shape index (κ3) is 11.5. The second kappa shape index (κ2) is 21.3. The standard InChI is InChI=1S/C43H60N8O4S4.2ClH/c1-24(44-7)38(56)48-30-17-19-58-32-22-42(3,4)34(50(32)40(30)54)36(52)46-28-13-9-26(10-14-28)21-27-11-15-29(16-12-27)47-37(53)35-43(5,6)23-33-51(35)41(55)31(18-20-59-33)49-39(57)25(2)45-8;;/h9-16,24-25,30-35,44-45H,17-23H2,1-8H3,(H,46,52)(H,47,53)(H,48,56)(H,49,57);2*1H/t24?,25?,30-,31-,32-,33-,34+,35+;;/m0../s1. The summed E-state index contributed by atoms with van der Waals surface area (Å²) in [4.78, 5) is 60.7. The van der Waals surface area contributed by atoms with Crippen molar-refractivity contribution >= 4 is 118 Å². The second-order valence-corrected chi connectivity index (χ2v) is 21.1. The smallest absolute Gasteiger partial charge is 0.247 e. The molecule has 2 aromatic rings. The molecular formula is C43H62Cl2N8O4S4. The highest BCUT2D eigenvalue weighted by Gasteiger charge is 2.55. The Hall–Kier alpha value is -2.70. The Balaban J connectivity index is 0.00000410. The Kier molecular flexibility index (Phi) is 17.8. The molecule has 6 N–H and O–H groups in total. The minimum absolute atomic E-state index is 0. The molecular weight excluding hydrogens is 892 g/mol. The van der Waals surface area contributed by atoms with Crippen LogP contribution in [0.2, 0.25) is 0 Å². The number of hydrogen-bond donors (Lipinski definition) is 6. The fourth-order valence-electron chi connectivity index (χ4n) is 8.63. The summed E-state index contributed by atoms with van der Waals surface area (Å²) < 4.78 is 0. The summed E-state index contributed by atoms with van der Waals surface area (Å²) in [6, 6.07) is 13.2. The minimum Gasteiger partial charge on any atom is -0.367 e. The molecule has 0 aliphatic carbocycles. The molecule has 0 aromatic heterocycles. The van der Waals surface area contributed by atoms with E-state index >= 15 is 0 Å². The predicted molar refractivity (Wildman–Crippen MR) is 263 cm³/mol. The Morgan fingerprint density at radius 3 is 1.34 bits per heavy atom. The van der Waals surface area contributed by atoms with Gasteiger partial charge in [0.2, 0.25) is 23.6 Å². The van der Waals surface area contributed by atoms with Crippen LogP contribution in [0.5, 0.6) is 0 Å². The molecule has 18 heteroatoms. The molecule has 2 unspecified atom stereocenters. The molecule has 4 saturated heterocycles. The third-order valence-corrected chi connectivity index (χ3v) is 15.7. The van der Waals surface area contributed by atoms with Gasteiger partial charge in [0.15, 0.2) is 0 Å². The van der Waals surface area contributed by atoms with Gasteiger partial charge in [-0.05, 0) is 118 Å². The van der Waals surface area contributed by atoms with E-state index in [0.717, 1.165) is 35.5 Å². The van der Waals surface area contributed by atoms with Crippen LogP contribution in [-0.4, -0.2) is 116 Å². The van der Waals surface area contributed by atoms with Crippen LogP contribution in [0.3, 0.4) is 0 Å². The SMILES string of the molecule is CNC(C)C(=S)N[C@H]1CCS[C@H]2CC(C)(C)[C@@H](C(=O)Nc3ccc(Cc4ccc(NC(=O)[C@H]5N6C(=O)[C@@H](NC(=S)C(C)NC)CCS[C@H]6CC5(C)C)cc4)cc3)N2C1=O.Cl.Cl. The van der Waals surface area contributed by atoms with Crippen molar-refractivity contribution in [2.45, 2.75) is 121 Å². The second-order valence-electron chi connectivity index (χ2n) is 17.6. The van der Waals surface area contributed by atoms with Crippen molar-refractivity contribution in [1.82, 2.24) is 31.1 Å². The highest BCUT2D eigenvalue weighted by Crippen LogP contribution is 2.48. The molecule has 61 heavy (non-hydrogen) atoms. The van der Waals surface area contributed by atoms with Gasteiger partial charge >= 0.3 is 0 Å². The Labute approximate surface area is 393 Å². The molecule has 2 aromatic carbocycles. The Morgan fingerprint density at radius 1 is 0.672 bits per heavy atom.